The van der Waals surface area contributed by atoms with Crippen LogP contribution in [-0.4, -0.2) is 5.97 Å². The highest BCUT2D eigenvalue weighted by atomic mass is 16.5. The summed E-state index contributed by atoms with van der Waals surface area (Å²) in [4.78, 5) is 12.8. The van der Waals surface area contributed by atoms with Crippen LogP contribution >= 0.6 is 0 Å². The topological polar surface area (TPSA) is 26.3 Å². The number of allylic oxidation sites excluding steroid dienone is 1. The van der Waals surface area contributed by atoms with Gasteiger partial charge in [0.2, 0.25) is 0 Å². The van der Waals surface area contributed by atoms with Gasteiger partial charge in [-0.05, 0) is 18.1 Å². The van der Waals surface area contributed by atoms with Gasteiger partial charge in [-0.2, -0.15) is 0 Å². The van der Waals surface area contributed by atoms with Crippen molar-refractivity contribution in [1.29, 1.82) is 0 Å². The number of esters is 1. The molecular weight excluding hydrogens is 308 g/mol. The Balaban J connectivity index is 1.88. The summed E-state index contributed by atoms with van der Waals surface area (Å²) in [6.45, 7) is 2.20. The van der Waals surface area contributed by atoms with E-state index in [1.807, 2.05) is 48.5 Å². The fraction of sp³-hybridized carbons (Fsp3) is 0.348. The number of cyclic esters (lactones) is 1. The Bertz CT molecular complexity index is 703. The molecule has 1 aliphatic rings. The van der Waals surface area contributed by atoms with Gasteiger partial charge in [-0.25, -0.2) is 0 Å². The predicted octanol–water partition coefficient (Wildman–Crippen LogP) is 5.95. The molecule has 0 aliphatic carbocycles. The Kier molecular flexibility index (Phi) is 6.05. The van der Waals surface area contributed by atoms with E-state index < -0.39 is 0 Å². The van der Waals surface area contributed by atoms with E-state index >= 15 is 0 Å². The summed E-state index contributed by atoms with van der Waals surface area (Å²) in [6, 6.07) is 20.2. The van der Waals surface area contributed by atoms with Crippen molar-refractivity contribution in [3.63, 3.8) is 0 Å². The third-order valence-corrected chi connectivity index (χ3v) is 4.89. The molecule has 0 saturated carbocycles. The minimum Gasteiger partial charge on any atom is -0.426 e. The average molecular weight is 334 g/mol. The molecule has 130 valence electrons. The van der Waals surface area contributed by atoms with Crippen molar-refractivity contribution >= 4 is 11.7 Å². The predicted molar refractivity (Wildman–Crippen MR) is 102 cm³/mol. The van der Waals surface area contributed by atoms with Gasteiger partial charge < -0.3 is 4.74 Å². The minimum atomic E-state index is -0.0910. The standard InChI is InChI=1S/C23H26O2/c1-2-3-4-11-16-20-21(18-12-7-5-8-13-18)17-22(25-23(20)24)19-14-9-6-10-15-19/h5-10,12-15,17,20-21H,2-4,11,16H2,1H3/t20-,21-/m0/s1. The lowest BCUT2D eigenvalue weighted by atomic mass is 9.80. The largest absolute Gasteiger partial charge is 0.426 e. The summed E-state index contributed by atoms with van der Waals surface area (Å²) in [5.41, 5.74) is 2.15. The molecule has 0 radical (unpaired) electrons. The monoisotopic (exact) mass is 334 g/mol. The van der Waals surface area contributed by atoms with E-state index in [0.29, 0.717) is 5.76 Å². The third kappa shape index (κ3) is 4.39. The Labute approximate surface area is 150 Å². The molecule has 1 aliphatic heterocycles. The molecular formula is C23H26O2. The summed E-state index contributed by atoms with van der Waals surface area (Å²) in [7, 11) is 0. The molecule has 0 bridgehead atoms. The van der Waals surface area contributed by atoms with Crippen molar-refractivity contribution in [3.05, 3.63) is 77.9 Å². The molecule has 2 heteroatoms. The second-order valence-corrected chi connectivity index (χ2v) is 6.71. The maximum absolute atomic E-state index is 12.8. The van der Waals surface area contributed by atoms with Crippen molar-refractivity contribution in [2.45, 2.75) is 44.9 Å². The number of benzene rings is 2. The first kappa shape index (κ1) is 17.5. The van der Waals surface area contributed by atoms with Gasteiger partial charge in [0, 0.05) is 11.5 Å². The third-order valence-electron chi connectivity index (χ3n) is 4.89. The zero-order valence-electron chi connectivity index (χ0n) is 14.9. The van der Waals surface area contributed by atoms with Gasteiger partial charge in [0.15, 0.2) is 0 Å². The Morgan fingerprint density at radius 2 is 1.56 bits per heavy atom. The van der Waals surface area contributed by atoms with E-state index in [9.17, 15) is 4.79 Å². The Hall–Kier alpha value is -2.35. The smallest absolute Gasteiger partial charge is 0.315 e. The molecule has 2 aromatic carbocycles. The molecule has 0 N–H and O–H groups in total. The molecule has 0 saturated heterocycles. The van der Waals surface area contributed by atoms with E-state index in [1.165, 1.54) is 24.8 Å². The first-order valence-corrected chi connectivity index (χ1v) is 9.33. The second kappa shape index (κ2) is 8.66. The zero-order valence-corrected chi connectivity index (χ0v) is 14.9. The number of hydrogen-bond donors (Lipinski definition) is 0. The van der Waals surface area contributed by atoms with Crippen molar-refractivity contribution in [2.24, 2.45) is 5.92 Å². The molecule has 0 fully saturated rings. The van der Waals surface area contributed by atoms with Crippen LogP contribution in [-0.2, 0) is 9.53 Å². The number of unbranched alkanes of at least 4 members (excludes halogenated alkanes) is 3. The number of carbonyl (C=O) groups is 1. The fourth-order valence-corrected chi connectivity index (χ4v) is 3.49. The lowest BCUT2D eigenvalue weighted by molar-refractivity contribution is -0.143. The van der Waals surface area contributed by atoms with Crippen molar-refractivity contribution in [2.75, 3.05) is 0 Å². The van der Waals surface area contributed by atoms with Gasteiger partial charge in [-0.15, -0.1) is 0 Å². The molecule has 1 heterocycles. The number of rotatable bonds is 7. The van der Waals surface area contributed by atoms with Gasteiger partial charge in [0.1, 0.15) is 5.76 Å². The van der Waals surface area contributed by atoms with Gasteiger partial charge >= 0.3 is 5.97 Å². The number of ether oxygens (including phenoxy) is 1. The first-order chi connectivity index (χ1) is 12.3. The van der Waals surface area contributed by atoms with Crippen LogP contribution in [0.15, 0.2) is 66.7 Å². The quantitative estimate of drug-likeness (QED) is 0.461. The molecule has 2 aromatic rings. The van der Waals surface area contributed by atoms with Crippen LogP contribution < -0.4 is 0 Å². The normalized spacial score (nSPS) is 20.0. The van der Waals surface area contributed by atoms with E-state index in [1.54, 1.807) is 0 Å². The molecule has 3 rings (SSSR count). The lowest BCUT2D eigenvalue weighted by Crippen LogP contribution is -2.27. The van der Waals surface area contributed by atoms with Crippen LogP contribution in [0.4, 0.5) is 0 Å². The summed E-state index contributed by atoms with van der Waals surface area (Å²) in [5, 5.41) is 0. The molecule has 0 aromatic heterocycles. The van der Waals surface area contributed by atoms with Crippen molar-refractivity contribution in [3.8, 4) is 0 Å². The van der Waals surface area contributed by atoms with Crippen LogP contribution in [0.2, 0.25) is 0 Å². The van der Waals surface area contributed by atoms with Crippen LogP contribution in [0.5, 0.6) is 0 Å². The zero-order chi connectivity index (χ0) is 17.5. The van der Waals surface area contributed by atoms with E-state index in [4.69, 9.17) is 4.74 Å². The summed E-state index contributed by atoms with van der Waals surface area (Å²) >= 11 is 0. The van der Waals surface area contributed by atoms with Crippen LogP contribution in [0.25, 0.3) is 5.76 Å². The van der Waals surface area contributed by atoms with Crippen LogP contribution in [0.1, 0.15) is 56.1 Å². The number of hydrogen-bond acceptors (Lipinski definition) is 2. The average Bonchev–Trinajstić information content (AvgIpc) is 2.67. The van der Waals surface area contributed by atoms with Crippen LogP contribution in [0, 0.1) is 5.92 Å². The Morgan fingerprint density at radius 1 is 0.880 bits per heavy atom. The molecule has 0 amide bonds. The van der Waals surface area contributed by atoms with Gasteiger partial charge in [0.05, 0.1) is 5.92 Å². The highest BCUT2D eigenvalue weighted by molar-refractivity contribution is 5.84. The van der Waals surface area contributed by atoms with Gasteiger partial charge in [-0.1, -0.05) is 93.3 Å². The first-order valence-electron chi connectivity index (χ1n) is 9.33. The van der Waals surface area contributed by atoms with Gasteiger partial charge in [-0.3, -0.25) is 4.79 Å². The summed E-state index contributed by atoms with van der Waals surface area (Å²) < 4.78 is 5.72. The van der Waals surface area contributed by atoms with Gasteiger partial charge in [0.25, 0.3) is 0 Å². The summed E-state index contributed by atoms with van der Waals surface area (Å²) in [5.74, 6) is 0.585. The van der Waals surface area contributed by atoms with Crippen molar-refractivity contribution in [1.82, 2.24) is 0 Å². The number of carbonyl (C=O) groups excluding carboxylic acids is 1. The molecule has 0 spiro atoms. The van der Waals surface area contributed by atoms with E-state index in [2.05, 4.69) is 25.1 Å². The molecule has 0 unspecified atom stereocenters. The van der Waals surface area contributed by atoms with Crippen LogP contribution in [0.3, 0.4) is 0 Å². The SMILES string of the molecule is CCCCCC[C@@H]1C(=O)OC(c2ccccc2)=C[C@H]1c1ccccc1. The highest BCUT2D eigenvalue weighted by Crippen LogP contribution is 2.38. The summed E-state index contributed by atoms with van der Waals surface area (Å²) in [6.07, 6.45) is 7.70. The maximum atomic E-state index is 12.8. The molecule has 2 nitrogen and oxygen atoms in total. The molecule has 25 heavy (non-hydrogen) atoms. The minimum absolute atomic E-state index is 0.0827. The Morgan fingerprint density at radius 3 is 2.24 bits per heavy atom. The van der Waals surface area contributed by atoms with Crippen molar-refractivity contribution < 1.29 is 9.53 Å². The van der Waals surface area contributed by atoms with E-state index in [-0.39, 0.29) is 17.8 Å². The maximum Gasteiger partial charge on any atom is 0.315 e. The second-order valence-electron chi connectivity index (χ2n) is 6.71. The fourth-order valence-electron chi connectivity index (χ4n) is 3.49. The van der Waals surface area contributed by atoms with E-state index in [0.717, 1.165) is 18.4 Å². The lowest BCUT2D eigenvalue weighted by Gasteiger charge is -2.29. The highest BCUT2D eigenvalue weighted by Gasteiger charge is 2.34. The molecule has 2 atom stereocenters.